The fourth-order valence-electron chi connectivity index (χ4n) is 1.51. The molecule has 0 aliphatic rings. The van der Waals surface area contributed by atoms with Crippen LogP contribution >= 0.6 is 0 Å². The van der Waals surface area contributed by atoms with Crippen LogP contribution in [0.15, 0.2) is 18.2 Å². The first-order valence-corrected chi connectivity index (χ1v) is 6.11. The molecule has 0 saturated heterocycles. The molecule has 0 aliphatic heterocycles. The molecule has 0 unspecified atom stereocenters. The maximum atomic E-state index is 12.9. The van der Waals surface area contributed by atoms with Gasteiger partial charge in [0.05, 0.1) is 11.3 Å². The topological polar surface area (TPSA) is 67.2 Å². The highest BCUT2D eigenvalue weighted by atomic mass is 19.4. The molecular formula is C13H18F3N3O. The molecule has 7 heteroatoms. The molecule has 20 heavy (non-hydrogen) atoms. The summed E-state index contributed by atoms with van der Waals surface area (Å²) in [4.78, 5) is 12.0. The van der Waals surface area contributed by atoms with E-state index in [0.29, 0.717) is 6.42 Å². The van der Waals surface area contributed by atoms with Crippen molar-refractivity contribution in [2.24, 2.45) is 5.84 Å². The molecule has 4 N–H and O–H groups in total. The van der Waals surface area contributed by atoms with Crippen LogP contribution in [0.3, 0.4) is 0 Å². The van der Waals surface area contributed by atoms with E-state index in [1.54, 1.807) is 13.8 Å². The minimum atomic E-state index is -4.59. The second kappa shape index (κ2) is 5.70. The fourth-order valence-corrected chi connectivity index (χ4v) is 1.51. The molecule has 1 aromatic carbocycles. The van der Waals surface area contributed by atoms with Gasteiger partial charge in [0, 0.05) is 11.1 Å². The maximum Gasteiger partial charge on any atom is 0.418 e. The third-order valence-corrected chi connectivity index (χ3v) is 3.08. The van der Waals surface area contributed by atoms with E-state index in [0.717, 1.165) is 12.1 Å². The number of halogens is 3. The zero-order chi connectivity index (χ0) is 15.6. The number of rotatable bonds is 4. The highest BCUT2D eigenvalue weighted by Crippen LogP contribution is 2.35. The number of amides is 1. The molecule has 0 heterocycles. The van der Waals surface area contributed by atoms with Crippen LogP contribution in [0.4, 0.5) is 18.9 Å². The van der Waals surface area contributed by atoms with Gasteiger partial charge in [-0.05, 0) is 38.5 Å². The summed E-state index contributed by atoms with van der Waals surface area (Å²) < 4.78 is 38.6. The predicted molar refractivity (Wildman–Crippen MR) is 71.1 cm³/mol. The number of carbonyl (C=O) groups excluding carboxylic acids is 1. The second-order valence-electron chi connectivity index (χ2n) is 5.09. The maximum absolute atomic E-state index is 12.9. The lowest BCUT2D eigenvalue weighted by Crippen LogP contribution is -2.42. The molecule has 0 bridgehead atoms. The van der Waals surface area contributed by atoms with Crippen LogP contribution in [0.25, 0.3) is 0 Å². The molecular weight excluding hydrogens is 271 g/mol. The number of benzene rings is 1. The van der Waals surface area contributed by atoms with Crippen LogP contribution in [0, 0.1) is 0 Å². The van der Waals surface area contributed by atoms with Gasteiger partial charge in [-0.3, -0.25) is 10.6 Å². The number of alkyl halides is 3. The van der Waals surface area contributed by atoms with E-state index in [-0.39, 0.29) is 11.3 Å². The van der Waals surface area contributed by atoms with E-state index in [1.165, 1.54) is 6.07 Å². The van der Waals surface area contributed by atoms with Crippen LogP contribution in [0.5, 0.6) is 0 Å². The van der Waals surface area contributed by atoms with Crippen LogP contribution in [-0.4, -0.2) is 11.4 Å². The average molecular weight is 289 g/mol. The van der Waals surface area contributed by atoms with Gasteiger partial charge in [0.2, 0.25) is 0 Å². The summed E-state index contributed by atoms with van der Waals surface area (Å²) in [6.07, 6.45) is -3.93. The van der Waals surface area contributed by atoms with Crippen LogP contribution in [0.2, 0.25) is 0 Å². The van der Waals surface area contributed by atoms with Gasteiger partial charge in [-0.2, -0.15) is 13.2 Å². The fraction of sp³-hybridized carbons (Fsp3) is 0.462. The van der Waals surface area contributed by atoms with Crippen LogP contribution < -0.4 is 16.6 Å². The summed E-state index contributed by atoms with van der Waals surface area (Å²) in [5.74, 6) is 4.50. The number of carbonyl (C=O) groups is 1. The molecule has 0 fully saturated rings. The van der Waals surface area contributed by atoms with Crippen molar-refractivity contribution in [3.05, 3.63) is 29.3 Å². The quantitative estimate of drug-likeness (QED) is 0.590. The Morgan fingerprint density at radius 1 is 1.30 bits per heavy atom. The van der Waals surface area contributed by atoms with Crippen molar-refractivity contribution in [1.29, 1.82) is 0 Å². The van der Waals surface area contributed by atoms with Gasteiger partial charge in [-0.15, -0.1) is 0 Å². The summed E-state index contributed by atoms with van der Waals surface area (Å²) in [5, 5.41) is 2.68. The molecule has 1 amide bonds. The van der Waals surface area contributed by atoms with E-state index >= 15 is 0 Å². The van der Waals surface area contributed by atoms with E-state index < -0.39 is 23.2 Å². The van der Waals surface area contributed by atoms with Gasteiger partial charge in [-0.1, -0.05) is 6.92 Å². The molecule has 0 aliphatic carbocycles. The largest absolute Gasteiger partial charge is 0.418 e. The van der Waals surface area contributed by atoms with E-state index in [9.17, 15) is 18.0 Å². The molecule has 112 valence electrons. The van der Waals surface area contributed by atoms with Gasteiger partial charge in [0.1, 0.15) is 0 Å². The molecule has 4 nitrogen and oxygen atoms in total. The highest BCUT2D eigenvalue weighted by Gasteiger charge is 2.34. The van der Waals surface area contributed by atoms with Crippen LogP contribution in [-0.2, 0) is 6.18 Å². The normalized spacial score (nSPS) is 12.2. The Labute approximate surface area is 115 Å². The Hall–Kier alpha value is -1.76. The summed E-state index contributed by atoms with van der Waals surface area (Å²) in [6.45, 7) is 5.47. The monoisotopic (exact) mass is 289 g/mol. The number of hydrogen-bond donors (Lipinski definition) is 3. The Bertz CT molecular complexity index is 498. The number of nitrogen functional groups attached to an aromatic ring is 1. The molecule has 0 saturated carbocycles. The number of anilines is 1. The van der Waals surface area contributed by atoms with Crippen molar-refractivity contribution >= 4 is 11.6 Å². The van der Waals surface area contributed by atoms with E-state index in [4.69, 9.17) is 5.84 Å². The smallest absolute Gasteiger partial charge is 0.347 e. The number of nitrogens with one attached hydrogen (secondary N) is 2. The van der Waals surface area contributed by atoms with Crippen molar-refractivity contribution in [2.45, 2.75) is 38.9 Å². The van der Waals surface area contributed by atoms with Crippen LogP contribution in [0.1, 0.15) is 43.1 Å². The first-order valence-electron chi connectivity index (χ1n) is 6.11. The average Bonchev–Trinajstić information content (AvgIpc) is 2.36. The lowest BCUT2D eigenvalue weighted by Gasteiger charge is -2.24. The van der Waals surface area contributed by atoms with Gasteiger partial charge in [-0.25, -0.2) is 0 Å². The lowest BCUT2D eigenvalue weighted by molar-refractivity contribution is -0.137. The molecule has 0 spiro atoms. The minimum Gasteiger partial charge on any atom is -0.347 e. The Morgan fingerprint density at radius 2 is 1.90 bits per heavy atom. The first kappa shape index (κ1) is 16.3. The summed E-state index contributed by atoms with van der Waals surface area (Å²) >= 11 is 0. The molecule has 1 aromatic rings. The Morgan fingerprint density at radius 3 is 2.35 bits per heavy atom. The summed E-state index contributed by atoms with van der Waals surface area (Å²) in [5.41, 5.74) is 0.188. The molecule has 0 radical (unpaired) electrons. The van der Waals surface area contributed by atoms with Crippen molar-refractivity contribution in [2.75, 3.05) is 5.43 Å². The van der Waals surface area contributed by atoms with Gasteiger partial charge < -0.3 is 10.7 Å². The van der Waals surface area contributed by atoms with Gasteiger partial charge >= 0.3 is 6.18 Å². The zero-order valence-electron chi connectivity index (χ0n) is 11.6. The number of hydrogen-bond acceptors (Lipinski definition) is 3. The Kier molecular flexibility index (Phi) is 4.65. The summed E-state index contributed by atoms with van der Waals surface area (Å²) in [6, 6.07) is 3.22. The predicted octanol–water partition coefficient (Wildman–Crippen LogP) is 2.91. The lowest BCUT2D eigenvalue weighted by atomic mass is 10.0. The number of hydrazine groups is 1. The highest BCUT2D eigenvalue weighted by molar-refractivity contribution is 5.95. The zero-order valence-corrected chi connectivity index (χ0v) is 11.6. The summed E-state index contributed by atoms with van der Waals surface area (Å²) in [7, 11) is 0. The first-order chi connectivity index (χ1) is 9.10. The van der Waals surface area contributed by atoms with Crippen molar-refractivity contribution in [3.8, 4) is 0 Å². The van der Waals surface area contributed by atoms with Crippen molar-refractivity contribution in [3.63, 3.8) is 0 Å². The SMILES string of the molecule is CCC(C)(C)NC(=O)c1ccc(NN)c(C(F)(F)F)c1. The standard InChI is InChI=1S/C13H18F3N3O/c1-4-12(2,3)18-11(20)8-5-6-10(19-17)9(7-8)13(14,15)16/h5-7,19H,4,17H2,1-3H3,(H,18,20). The van der Waals surface area contributed by atoms with E-state index in [2.05, 4.69) is 5.32 Å². The molecule has 0 atom stereocenters. The van der Waals surface area contributed by atoms with E-state index in [1.807, 2.05) is 12.3 Å². The second-order valence-corrected chi connectivity index (χ2v) is 5.09. The van der Waals surface area contributed by atoms with Gasteiger partial charge in [0.15, 0.2) is 0 Å². The van der Waals surface area contributed by atoms with Crippen molar-refractivity contribution in [1.82, 2.24) is 5.32 Å². The molecule has 0 aromatic heterocycles. The third kappa shape index (κ3) is 3.86. The third-order valence-electron chi connectivity index (χ3n) is 3.08. The van der Waals surface area contributed by atoms with Gasteiger partial charge in [0.25, 0.3) is 5.91 Å². The number of nitrogens with two attached hydrogens (primary N) is 1. The Balaban J connectivity index is 3.12. The molecule has 1 rings (SSSR count). The van der Waals surface area contributed by atoms with Crippen molar-refractivity contribution < 1.29 is 18.0 Å². The minimum absolute atomic E-state index is 0.0575.